The summed E-state index contributed by atoms with van der Waals surface area (Å²) in [5.74, 6) is 0.199. The molecule has 2 nitrogen and oxygen atoms in total. The van der Waals surface area contributed by atoms with Crippen molar-refractivity contribution in [3.05, 3.63) is 57.3 Å². The Balaban J connectivity index is 2.09. The lowest BCUT2D eigenvalue weighted by Gasteiger charge is -2.19. The molecule has 0 unspecified atom stereocenters. The summed E-state index contributed by atoms with van der Waals surface area (Å²) in [6, 6.07) is 10.1. The molecule has 0 aliphatic carbocycles. The van der Waals surface area contributed by atoms with Crippen LogP contribution in [0.25, 0.3) is 0 Å². The Morgan fingerprint density at radius 2 is 1.79 bits per heavy atom. The molecule has 0 radical (unpaired) electrons. The maximum atomic E-state index is 12.7. The molecule has 1 aromatic heterocycles. The lowest BCUT2D eigenvalue weighted by atomic mass is 9.97. The Morgan fingerprint density at radius 1 is 1.05 bits per heavy atom. The van der Waals surface area contributed by atoms with Crippen LogP contribution in [-0.2, 0) is 12.8 Å². The van der Waals surface area contributed by atoms with Crippen LogP contribution < -0.4 is 0 Å². The van der Waals surface area contributed by atoms with Crippen LogP contribution in [-0.4, -0.2) is 30.8 Å². The summed E-state index contributed by atoms with van der Waals surface area (Å²) in [5, 5.41) is 2.03. The number of hydrogen-bond donors (Lipinski definition) is 0. The Hall–Kier alpha value is -1.45. The molecular weight excluding hydrogens is 254 g/mol. The van der Waals surface area contributed by atoms with Crippen LogP contribution in [0, 0.1) is 0 Å². The van der Waals surface area contributed by atoms with Gasteiger partial charge in [-0.05, 0) is 42.5 Å². The summed E-state index contributed by atoms with van der Waals surface area (Å²) in [5.41, 5.74) is 3.24. The van der Waals surface area contributed by atoms with E-state index in [1.807, 2.05) is 23.6 Å². The molecule has 0 spiro atoms. The van der Waals surface area contributed by atoms with Gasteiger partial charge in [-0.2, -0.15) is 0 Å². The molecule has 98 valence electrons. The van der Waals surface area contributed by atoms with E-state index in [2.05, 4.69) is 24.1 Å². The van der Waals surface area contributed by atoms with Gasteiger partial charge in [-0.25, -0.2) is 0 Å². The van der Waals surface area contributed by atoms with E-state index >= 15 is 0 Å². The fourth-order valence-electron chi connectivity index (χ4n) is 2.55. The first-order valence-electron chi connectivity index (χ1n) is 6.63. The summed E-state index contributed by atoms with van der Waals surface area (Å²) in [6.45, 7) is 2.02. The fourth-order valence-corrected chi connectivity index (χ4v) is 3.46. The molecule has 2 aromatic rings. The maximum absolute atomic E-state index is 12.7. The largest absolute Gasteiger partial charge is 0.306 e. The van der Waals surface area contributed by atoms with E-state index in [0.717, 1.165) is 36.4 Å². The van der Waals surface area contributed by atoms with Crippen LogP contribution in [0.2, 0.25) is 0 Å². The molecule has 0 atom stereocenters. The van der Waals surface area contributed by atoms with Gasteiger partial charge in [0.15, 0.2) is 0 Å². The number of rotatable bonds is 0. The van der Waals surface area contributed by atoms with Gasteiger partial charge in [0.05, 0.1) is 4.88 Å². The van der Waals surface area contributed by atoms with Crippen molar-refractivity contribution >= 4 is 17.1 Å². The number of ketones is 1. The van der Waals surface area contributed by atoms with E-state index in [1.54, 1.807) is 11.3 Å². The molecule has 1 aliphatic rings. The molecule has 0 bridgehead atoms. The van der Waals surface area contributed by atoms with Crippen molar-refractivity contribution in [3.8, 4) is 0 Å². The summed E-state index contributed by atoms with van der Waals surface area (Å²) in [6.07, 6.45) is 1.91. The van der Waals surface area contributed by atoms with Gasteiger partial charge in [0.2, 0.25) is 5.78 Å². The van der Waals surface area contributed by atoms with E-state index in [9.17, 15) is 4.79 Å². The summed E-state index contributed by atoms with van der Waals surface area (Å²) in [7, 11) is 2.15. The number of carbonyl (C=O) groups excluding carboxylic acids is 1. The maximum Gasteiger partial charge on any atom is 0.203 e. The third-order valence-corrected chi connectivity index (χ3v) is 4.70. The van der Waals surface area contributed by atoms with E-state index < -0.39 is 0 Å². The molecule has 2 heterocycles. The summed E-state index contributed by atoms with van der Waals surface area (Å²) >= 11 is 1.57. The van der Waals surface area contributed by atoms with Gasteiger partial charge in [0.25, 0.3) is 0 Å². The molecule has 19 heavy (non-hydrogen) atoms. The first kappa shape index (κ1) is 12.6. The lowest BCUT2D eigenvalue weighted by Crippen LogP contribution is -2.25. The first-order valence-corrected chi connectivity index (χ1v) is 7.51. The smallest absolute Gasteiger partial charge is 0.203 e. The minimum Gasteiger partial charge on any atom is -0.306 e. The van der Waals surface area contributed by atoms with Gasteiger partial charge in [-0.15, -0.1) is 11.3 Å². The van der Waals surface area contributed by atoms with Gasteiger partial charge in [-0.3, -0.25) is 4.79 Å². The van der Waals surface area contributed by atoms with Gasteiger partial charge in [0.1, 0.15) is 0 Å². The third kappa shape index (κ3) is 2.48. The zero-order valence-corrected chi connectivity index (χ0v) is 11.9. The molecule has 0 saturated heterocycles. The van der Waals surface area contributed by atoms with E-state index in [0.29, 0.717) is 0 Å². The monoisotopic (exact) mass is 271 g/mol. The van der Waals surface area contributed by atoms with Crippen LogP contribution in [0.4, 0.5) is 0 Å². The zero-order chi connectivity index (χ0) is 13.2. The standard InChI is InChI=1S/C16H17NOS/c1-17-9-6-12-4-2-3-5-14(12)15(18)16-13(7-10-17)8-11-19-16/h2-5,8,11H,6-7,9-10H2,1H3. The normalized spacial score (nSPS) is 16.8. The summed E-state index contributed by atoms with van der Waals surface area (Å²) in [4.78, 5) is 15.9. The lowest BCUT2D eigenvalue weighted by molar-refractivity contribution is 0.104. The number of likely N-dealkylation sites (N-methyl/N-ethyl adjacent to an activating group) is 1. The van der Waals surface area contributed by atoms with Crippen LogP contribution >= 0.6 is 11.3 Å². The minimum atomic E-state index is 0.199. The molecule has 3 heteroatoms. The summed E-state index contributed by atoms with van der Waals surface area (Å²) < 4.78 is 0. The van der Waals surface area contributed by atoms with Gasteiger partial charge >= 0.3 is 0 Å². The number of hydrogen-bond acceptors (Lipinski definition) is 3. The number of carbonyl (C=O) groups is 1. The van der Waals surface area contributed by atoms with Crippen LogP contribution in [0.5, 0.6) is 0 Å². The highest BCUT2D eigenvalue weighted by molar-refractivity contribution is 7.12. The van der Waals surface area contributed by atoms with E-state index in [4.69, 9.17) is 0 Å². The molecule has 0 fully saturated rings. The Morgan fingerprint density at radius 3 is 2.63 bits per heavy atom. The van der Waals surface area contributed by atoms with Crippen molar-refractivity contribution in [2.45, 2.75) is 12.8 Å². The van der Waals surface area contributed by atoms with Crippen LogP contribution in [0.15, 0.2) is 35.7 Å². The second kappa shape index (κ2) is 5.27. The highest BCUT2D eigenvalue weighted by atomic mass is 32.1. The second-order valence-electron chi connectivity index (χ2n) is 5.06. The zero-order valence-electron chi connectivity index (χ0n) is 11.1. The molecule has 0 N–H and O–H groups in total. The molecule has 1 aliphatic heterocycles. The molecule has 1 aromatic carbocycles. The van der Waals surface area contributed by atoms with Crippen molar-refractivity contribution < 1.29 is 4.79 Å². The van der Waals surface area contributed by atoms with Crippen molar-refractivity contribution in [1.82, 2.24) is 4.90 Å². The molecule has 0 saturated carbocycles. The number of nitrogens with zero attached hydrogens (tertiary/aromatic N) is 1. The first-order chi connectivity index (χ1) is 9.25. The Bertz CT molecular complexity index is 602. The van der Waals surface area contributed by atoms with Crippen molar-refractivity contribution in [3.63, 3.8) is 0 Å². The van der Waals surface area contributed by atoms with Gasteiger partial charge in [-0.1, -0.05) is 24.3 Å². The Labute approximate surface area is 117 Å². The number of fused-ring (bicyclic) bond motifs is 2. The van der Waals surface area contributed by atoms with E-state index in [1.165, 1.54) is 11.1 Å². The van der Waals surface area contributed by atoms with Crippen molar-refractivity contribution in [1.29, 1.82) is 0 Å². The number of benzene rings is 1. The SMILES string of the molecule is CN1CCc2ccccc2C(=O)c2sccc2CC1. The number of thiophene rings is 1. The quantitative estimate of drug-likeness (QED) is 0.734. The van der Waals surface area contributed by atoms with Crippen molar-refractivity contribution in [2.24, 2.45) is 0 Å². The van der Waals surface area contributed by atoms with Crippen LogP contribution in [0.1, 0.15) is 26.4 Å². The minimum absolute atomic E-state index is 0.199. The Kier molecular flexibility index (Phi) is 3.49. The third-order valence-electron chi connectivity index (χ3n) is 3.74. The van der Waals surface area contributed by atoms with Gasteiger partial charge < -0.3 is 4.90 Å². The average molecular weight is 271 g/mol. The fraction of sp³-hybridized carbons (Fsp3) is 0.312. The highest BCUT2D eigenvalue weighted by Crippen LogP contribution is 2.24. The molecule has 0 amide bonds. The molecule has 3 rings (SSSR count). The van der Waals surface area contributed by atoms with Crippen molar-refractivity contribution in [2.75, 3.05) is 20.1 Å². The second-order valence-corrected chi connectivity index (χ2v) is 5.98. The highest BCUT2D eigenvalue weighted by Gasteiger charge is 2.19. The predicted molar refractivity (Wildman–Crippen MR) is 79.1 cm³/mol. The van der Waals surface area contributed by atoms with E-state index in [-0.39, 0.29) is 5.78 Å². The van der Waals surface area contributed by atoms with Gasteiger partial charge in [0, 0.05) is 18.7 Å². The predicted octanol–water partition coefficient (Wildman–Crippen LogP) is 3.01. The topological polar surface area (TPSA) is 20.3 Å². The van der Waals surface area contributed by atoms with Crippen LogP contribution in [0.3, 0.4) is 0 Å². The molecular formula is C16H17NOS. The average Bonchev–Trinajstić information content (AvgIpc) is 2.90.